The number of aryl methyl sites for hydroxylation is 3. The first-order valence-electron chi connectivity index (χ1n) is 11.8. The first-order chi connectivity index (χ1) is 17.8. The predicted octanol–water partition coefficient (Wildman–Crippen LogP) is 6.25. The lowest BCUT2D eigenvalue weighted by molar-refractivity contribution is 0.0925. The molecule has 0 radical (unpaired) electrons. The van der Waals surface area contributed by atoms with Crippen LogP contribution in [0.25, 0.3) is 27.5 Å². The highest BCUT2D eigenvalue weighted by Gasteiger charge is 2.40. The molecule has 1 aliphatic heterocycles. The Morgan fingerprint density at radius 1 is 0.703 bits per heavy atom. The second kappa shape index (κ2) is 7.91. The molecule has 0 spiro atoms. The van der Waals surface area contributed by atoms with E-state index in [1.807, 2.05) is 55.7 Å². The van der Waals surface area contributed by atoms with Crippen molar-refractivity contribution in [3.8, 4) is 17.8 Å². The Hall–Kier alpha value is -5.20. The summed E-state index contributed by atoms with van der Waals surface area (Å²) in [5.74, 6) is -0.723. The van der Waals surface area contributed by atoms with Crippen LogP contribution >= 0.6 is 0 Å². The van der Waals surface area contributed by atoms with Crippen LogP contribution in [0.3, 0.4) is 0 Å². The van der Waals surface area contributed by atoms with Gasteiger partial charge in [0.1, 0.15) is 0 Å². The van der Waals surface area contributed by atoms with Gasteiger partial charge in [-0.15, -0.1) is 0 Å². The Kier molecular flexibility index (Phi) is 4.76. The Balaban J connectivity index is 1.65. The van der Waals surface area contributed by atoms with Gasteiger partial charge in [-0.1, -0.05) is 23.8 Å². The van der Waals surface area contributed by atoms with E-state index in [-0.39, 0.29) is 11.8 Å². The highest BCUT2D eigenvalue weighted by molar-refractivity contribution is 6.36. The number of carbonyl (C=O) groups is 2. The van der Waals surface area contributed by atoms with Crippen LogP contribution in [0.2, 0.25) is 0 Å². The van der Waals surface area contributed by atoms with Crippen molar-refractivity contribution < 1.29 is 9.59 Å². The van der Waals surface area contributed by atoms with Crippen molar-refractivity contribution in [2.24, 2.45) is 0 Å². The maximum atomic E-state index is 14.0. The molecule has 6 rings (SSSR count). The van der Waals surface area contributed by atoms with E-state index in [0.29, 0.717) is 33.6 Å². The topological polar surface area (TPSA) is 89.9 Å². The second-order valence-corrected chi connectivity index (χ2v) is 9.42. The highest BCUT2D eigenvalue weighted by atomic mass is 16.2. The number of nitrogens with zero attached hydrogens (tertiary/aromatic N) is 4. The molecule has 0 saturated heterocycles. The van der Waals surface area contributed by atoms with E-state index in [1.54, 1.807) is 36.4 Å². The predicted molar refractivity (Wildman–Crippen MR) is 142 cm³/mol. The molecule has 1 aliphatic rings. The van der Waals surface area contributed by atoms with Gasteiger partial charge in [-0.05, 0) is 80.4 Å². The van der Waals surface area contributed by atoms with Crippen LogP contribution in [0.15, 0.2) is 66.7 Å². The van der Waals surface area contributed by atoms with E-state index in [2.05, 4.69) is 12.1 Å². The van der Waals surface area contributed by atoms with Crippen molar-refractivity contribution in [3.63, 3.8) is 0 Å². The van der Waals surface area contributed by atoms with E-state index < -0.39 is 0 Å². The van der Waals surface area contributed by atoms with Gasteiger partial charge in [0.25, 0.3) is 11.8 Å². The molecule has 1 aromatic heterocycles. The third-order valence-electron chi connectivity index (χ3n) is 7.02. The van der Waals surface area contributed by atoms with Crippen LogP contribution in [0.5, 0.6) is 0 Å². The normalized spacial score (nSPS) is 12.7. The summed E-state index contributed by atoms with van der Waals surface area (Å²) in [6, 6.07) is 24.3. The fourth-order valence-corrected chi connectivity index (χ4v) is 5.60. The number of hydrogen-bond acceptors (Lipinski definition) is 4. The fraction of sp³-hybridized carbons (Fsp3) is 0.0968. The third-order valence-corrected chi connectivity index (χ3v) is 7.02. The number of imide groups is 1. The van der Waals surface area contributed by atoms with Gasteiger partial charge in [0.05, 0.1) is 56.8 Å². The number of aromatic nitrogens is 1. The summed E-state index contributed by atoms with van der Waals surface area (Å²) in [5, 5.41) is 20.6. The standard InChI is InChI=1S/C31H20N4O2/c1-17-11-18(2)29(19(3)12-17)35-30(36)22-5-4-6-27(28(22)31(35)37)34-25-9-7-20(15-32)13-23(25)24-14-21(16-33)8-10-26(24)34/h4-14H,1-3H3. The number of anilines is 1. The number of carbonyl (C=O) groups excluding carboxylic acids is 2. The number of hydrogen-bond donors (Lipinski definition) is 0. The van der Waals surface area contributed by atoms with Gasteiger partial charge in [-0.3, -0.25) is 9.59 Å². The first-order valence-corrected chi connectivity index (χ1v) is 11.8. The van der Waals surface area contributed by atoms with Gasteiger partial charge >= 0.3 is 0 Å². The number of rotatable bonds is 2. The maximum absolute atomic E-state index is 14.0. The Morgan fingerprint density at radius 2 is 1.27 bits per heavy atom. The average Bonchev–Trinajstić information content (AvgIpc) is 3.34. The van der Waals surface area contributed by atoms with Crippen molar-refractivity contribution in [1.29, 1.82) is 10.5 Å². The lowest BCUT2D eigenvalue weighted by Crippen LogP contribution is -2.31. The average molecular weight is 481 g/mol. The van der Waals surface area contributed by atoms with E-state index in [0.717, 1.165) is 38.5 Å². The molecule has 37 heavy (non-hydrogen) atoms. The number of nitriles is 2. The molecule has 6 heteroatoms. The van der Waals surface area contributed by atoms with Crippen molar-refractivity contribution in [2.45, 2.75) is 20.8 Å². The molecule has 5 aromatic rings. The van der Waals surface area contributed by atoms with E-state index in [4.69, 9.17) is 0 Å². The number of fused-ring (bicyclic) bond motifs is 4. The molecule has 6 nitrogen and oxygen atoms in total. The lowest BCUT2D eigenvalue weighted by atomic mass is 10.0. The number of amides is 2. The van der Waals surface area contributed by atoms with Gasteiger partial charge in [0.2, 0.25) is 0 Å². The van der Waals surface area contributed by atoms with Crippen molar-refractivity contribution in [2.75, 3.05) is 4.90 Å². The zero-order valence-electron chi connectivity index (χ0n) is 20.5. The summed E-state index contributed by atoms with van der Waals surface area (Å²) in [5.41, 5.74) is 7.20. The van der Waals surface area contributed by atoms with Crippen LogP contribution in [-0.2, 0) is 0 Å². The molecule has 4 aromatic carbocycles. The fourth-order valence-electron chi connectivity index (χ4n) is 5.60. The molecule has 0 saturated carbocycles. The molecule has 0 fully saturated rings. The van der Waals surface area contributed by atoms with Gasteiger partial charge < -0.3 is 4.57 Å². The largest absolute Gasteiger partial charge is 0.308 e. The van der Waals surface area contributed by atoms with E-state index >= 15 is 0 Å². The van der Waals surface area contributed by atoms with Crippen LogP contribution in [0.1, 0.15) is 48.5 Å². The molecule has 2 amide bonds. The number of benzene rings is 4. The highest BCUT2D eigenvalue weighted by Crippen LogP contribution is 2.39. The molecular weight excluding hydrogens is 460 g/mol. The van der Waals surface area contributed by atoms with Gasteiger partial charge in [0.15, 0.2) is 0 Å². The summed E-state index contributed by atoms with van der Waals surface area (Å²) in [7, 11) is 0. The van der Waals surface area contributed by atoms with Crippen LogP contribution in [0.4, 0.5) is 5.69 Å². The van der Waals surface area contributed by atoms with Gasteiger partial charge in [0, 0.05) is 10.8 Å². The van der Waals surface area contributed by atoms with Crippen LogP contribution in [-0.4, -0.2) is 16.4 Å². The minimum absolute atomic E-state index is 0.333. The SMILES string of the molecule is Cc1cc(C)c(N2C(=O)c3cccc(-n4c5ccc(C#N)cc5c5cc(C#N)ccc54)c3C2=O)c(C)c1. The monoisotopic (exact) mass is 480 g/mol. The van der Waals surface area contributed by atoms with Crippen molar-refractivity contribution in [1.82, 2.24) is 4.57 Å². The molecule has 2 heterocycles. The minimum Gasteiger partial charge on any atom is -0.308 e. The van der Waals surface area contributed by atoms with Crippen LogP contribution in [0, 0.1) is 43.4 Å². The second-order valence-electron chi connectivity index (χ2n) is 9.42. The van der Waals surface area contributed by atoms with Gasteiger partial charge in [-0.2, -0.15) is 10.5 Å². The lowest BCUT2D eigenvalue weighted by Gasteiger charge is -2.20. The summed E-state index contributed by atoms with van der Waals surface area (Å²) in [6.45, 7) is 5.81. The summed E-state index contributed by atoms with van der Waals surface area (Å²) in [4.78, 5) is 28.9. The summed E-state index contributed by atoms with van der Waals surface area (Å²) in [6.07, 6.45) is 0. The zero-order valence-corrected chi connectivity index (χ0v) is 20.5. The Labute approximate surface area is 213 Å². The molecule has 176 valence electrons. The quantitative estimate of drug-likeness (QED) is 0.279. The summed E-state index contributed by atoms with van der Waals surface area (Å²) < 4.78 is 1.94. The summed E-state index contributed by atoms with van der Waals surface area (Å²) >= 11 is 0. The van der Waals surface area contributed by atoms with Crippen molar-refractivity contribution in [3.05, 3.63) is 106 Å². The van der Waals surface area contributed by atoms with E-state index in [9.17, 15) is 20.1 Å². The zero-order chi connectivity index (χ0) is 26.0. The van der Waals surface area contributed by atoms with E-state index in [1.165, 1.54) is 4.90 Å². The molecular formula is C31H20N4O2. The van der Waals surface area contributed by atoms with Crippen molar-refractivity contribution >= 4 is 39.3 Å². The molecule has 0 aliphatic carbocycles. The molecule has 0 atom stereocenters. The maximum Gasteiger partial charge on any atom is 0.268 e. The Bertz CT molecular complexity index is 1840. The third kappa shape index (κ3) is 3.10. The molecule has 0 N–H and O–H groups in total. The smallest absolute Gasteiger partial charge is 0.268 e. The first kappa shape index (κ1) is 22.3. The van der Waals surface area contributed by atoms with Crippen LogP contribution < -0.4 is 4.90 Å². The van der Waals surface area contributed by atoms with Gasteiger partial charge in [-0.25, -0.2) is 4.90 Å². The molecule has 0 unspecified atom stereocenters. The molecule has 0 bridgehead atoms. The minimum atomic E-state index is -0.372. The Morgan fingerprint density at radius 3 is 1.81 bits per heavy atom.